The highest BCUT2D eigenvalue weighted by Crippen LogP contribution is 2.45. The van der Waals surface area contributed by atoms with Gasteiger partial charge in [-0.2, -0.15) is 0 Å². The summed E-state index contributed by atoms with van der Waals surface area (Å²) in [4.78, 5) is 0. The van der Waals surface area contributed by atoms with E-state index in [0.29, 0.717) is 0 Å². The Morgan fingerprint density at radius 1 is 1.00 bits per heavy atom. The molecule has 3 heteroatoms. The molecule has 2 aliphatic rings. The van der Waals surface area contributed by atoms with Gasteiger partial charge in [0.2, 0.25) is 0 Å². The molecule has 3 rings (SSSR count). The van der Waals surface area contributed by atoms with Crippen LogP contribution in [-0.2, 0) is 14.7 Å². The molecule has 0 aromatic heterocycles. The van der Waals surface area contributed by atoms with Crippen molar-refractivity contribution in [1.82, 2.24) is 0 Å². The zero-order chi connectivity index (χ0) is 17.2. The van der Waals surface area contributed by atoms with Gasteiger partial charge in [0.1, 0.15) is 0 Å². The molecule has 0 amide bonds. The average molecular weight is 314 g/mol. The predicted octanol–water partition coefficient (Wildman–Crippen LogP) is 4.47. The highest BCUT2D eigenvalue weighted by molar-refractivity contribution is 6.62. The standard InChI is InChI=1S/C20H31BO2/c1-13-11-16(18(2,3)4)15(14-9-10-14)12-17(13)21-22-19(5,6)20(7,8)23-21/h11-12,14H,9-10H2,1-8H3. The molecule has 23 heavy (non-hydrogen) atoms. The van der Waals surface area contributed by atoms with Crippen molar-refractivity contribution in [2.24, 2.45) is 0 Å². The van der Waals surface area contributed by atoms with Crippen LogP contribution in [0, 0.1) is 6.92 Å². The van der Waals surface area contributed by atoms with Crippen molar-refractivity contribution in [3.8, 4) is 0 Å². The molecule has 1 aromatic carbocycles. The minimum absolute atomic E-state index is 0.178. The lowest BCUT2D eigenvalue weighted by atomic mass is 9.71. The summed E-state index contributed by atoms with van der Waals surface area (Å²) in [6, 6.07) is 4.74. The normalized spacial score (nSPS) is 23.4. The zero-order valence-corrected chi connectivity index (χ0v) is 16.0. The smallest absolute Gasteiger partial charge is 0.399 e. The molecule has 0 atom stereocenters. The van der Waals surface area contributed by atoms with Gasteiger partial charge in [-0.3, -0.25) is 0 Å². The Morgan fingerprint density at radius 3 is 1.96 bits per heavy atom. The molecule has 2 nitrogen and oxygen atoms in total. The van der Waals surface area contributed by atoms with Crippen molar-refractivity contribution in [1.29, 1.82) is 0 Å². The van der Waals surface area contributed by atoms with Crippen molar-refractivity contribution in [3.63, 3.8) is 0 Å². The van der Waals surface area contributed by atoms with Crippen LogP contribution in [0.1, 0.15) is 83.9 Å². The third kappa shape index (κ3) is 2.98. The molecular formula is C20H31BO2. The number of hydrogen-bond acceptors (Lipinski definition) is 2. The minimum atomic E-state index is -0.285. The van der Waals surface area contributed by atoms with Crippen LogP contribution in [0.15, 0.2) is 12.1 Å². The van der Waals surface area contributed by atoms with Gasteiger partial charge in [-0.05, 0) is 75.4 Å². The van der Waals surface area contributed by atoms with Crippen molar-refractivity contribution >= 4 is 12.6 Å². The lowest BCUT2D eigenvalue weighted by Gasteiger charge is -2.32. The molecular weight excluding hydrogens is 283 g/mol. The van der Waals surface area contributed by atoms with E-state index >= 15 is 0 Å². The molecule has 1 aromatic rings. The van der Waals surface area contributed by atoms with Crippen molar-refractivity contribution < 1.29 is 9.31 Å². The van der Waals surface area contributed by atoms with Crippen LogP contribution in [0.5, 0.6) is 0 Å². The zero-order valence-electron chi connectivity index (χ0n) is 16.0. The Bertz CT molecular complexity index is 605. The van der Waals surface area contributed by atoms with Crippen LogP contribution in [0.25, 0.3) is 0 Å². The molecule has 1 saturated carbocycles. The van der Waals surface area contributed by atoms with Crippen molar-refractivity contribution in [2.45, 2.75) is 90.8 Å². The van der Waals surface area contributed by atoms with Crippen molar-refractivity contribution in [2.75, 3.05) is 0 Å². The summed E-state index contributed by atoms with van der Waals surface area (Å²) >= 11 is 0. The maximum atomic E-state index is 6.29. The summed E-state index contributed by atoms with van der Waals surface area (Å²) in [6.07, 6.45) is 2.63. The van der Waals surface area contributed by atoms with E-state index in [9.17, 15) is 0 Å². The molecule has 0 spiro atoms. The fourth-order valence-corrected chi connectivity index (χ4v) is 3.35. The molecule has 0 N–H and O–H groups in total. The summed E-state index contributed by atoms with van der Waals surface area (Å²) in [5.74, 6) is 0.728. The van der Waals surface area contributed by atoms with E-state index < -0.39 is 0 Å². The van der Waals surface area contributed by atoms with Crippen LogP contribution in [0.3, 0.4) is 0 Å². The van der Waals surface area contributed by atoms with Crippen LogP contribution < -0.4 is 5.46 Å². The third-order valence-electron chi connectivity index (χ3n) is 5.77. The minimum Gasteiger partial charge on any atom is -0.399 e. The van der Waals surface area contributed by atoms with E-state index in [1.54, 1.807) is 0 Å². The Hall–Kier alpha value is -0.795. The second kappa shape index (κ2) is 5.10. The summed E-state index contributed by atoms with van der Waals surface area (Å²) in [6.45, 7) is 17.6. The van der Waals surface area contributed by atoms with E-state index in [-0.39, 0.29) is 23.7 Å². The predicted molar refractivity (Wildman–Crippen MR) is 97.6 cm³/mol. The highest BCUT2D eigenvalue weighted by Gasteiger charge is 2.52. The number of benzene rings is 1. The van der Waals surface area contributed by atoms with Gasteiger partial charge in [-0.1, -0.05) is 38.5 Å². The van der Waals surface area contributed by atoms with Gasteiger partial charge in [-0.15, -0.1) is 0 Å². The molecule has 0 bridgehead atoms. The monoisotopic (exact) mass is 314 g/mol. The second-order valence-electron chi connectivity index (χ2n) is 9.41. The summed E-state index contributed by atoms with van der Waals surface area (Å²) in [7, 11) is -0.258. The third-order valence-corrected chi connectivity index (χ3v) is 5.77. The molecule has 1 saturated heterocycles. The maximum Gasteiger partial charge on any atom is 0.495 e. The van der Waals surface area contributed by atoms with Gasteiger partial charge in [0.05, 0.1) is 11.2 Å². The number of hydrogen-bond donors (Lipinski definition) is 0. The van der Waals surface area contributed by atoms with Gasteiger partial charge in [0.25, 0.3) is 0 Å². The molecule has 0 radical (unpaired) electrons. The summed E-state index contributed by atoms with van der Waals surface area (Å²) < 4.78 is 12.6. The van der Waals surface area contributed by atoms with Gasteiger partial charge in [-0.25, -0.2) is 0 Å². The highest BCUT2D eigenvalue weighted by atomic mass is 16.7. The van der Waals surface area contributed by atoms with Crippen molar-refractivity contribution in [3.05, 3.63) is 28.8 Å². The van der Waals surface area contributed by atoms with E-state index in [1.807, 2.05) is 0 Å². The first-order valence-corrected chi connectivity index (χ1v) is 8.93. The first-order chi connectivity index (χ1) is 10.4. The molecule has 126 valence electrons. The molecule has 0 unspecified atom stereocenters. The summed E-state index contributed by atoms with van der Waals surface area (Å²) in [5.41, 5.74) is 5.08. The quantitative estimate of drug-likeness (QED) is 0.750. The van der Waals surface area contributed by atoms with Gasteiger partial charge >= 0.3 is 7.12 Å². The lowest BCUT2D eigenvalue weighted by molar-refractivity contribution is 0.00578. The topological polar surface area (TPSA) is 18.5 Å². The average Bonchev–Trinajstić information content (AvgIpc) is 3.16. The molecule has 1 aliphatic heterocycles. The first-order valence-electron chi connectivity index (χ1n) is 8.93. The Balaban J connectivity index is 2.03. The number of aryl methyl sites for hydroxylation is 1. The Labute approximate surface area is 142 Å². The molecule has 2 fully saturated rings. The summed E-state index contributed by atoms with van der Waals surface area (Å²) in [5, 5.41) is 0. The van der Waals surface area contributed by atoms with Gasteiger partial charge in [0, 0.05) is 0 Å². The number of rotatable bonds is 2. The fourth-order valence-electron chi connectivity index (χ4n) is 3.35. The molecule has 1 heterocycles. The fraction of sp³-hybridized carbons (Fsp3) is 0.700. The first kappa shape index (κ1) is 17.0. The van der Waals surface area contributed by atoms with E-state index in [1.165, 1.54) is 35.0 Å². The largest absolute Gasteiger partial charge is 0.495 e. The van der Waals surface area contributed by atoms with Crippen LogP contribution in [0.2, 0.25) is 0 Å². The van der Waals surface area contributed by atoms with Crippen LogP contribution in [-0.4, -0.2) is 18.3 Å². The van der Waals surface area contributed by atoms with E-state index in [0.717, 1.165) is 5.92 Å². The van der Waals surface area contributed by atoms with Gasteiger partial charge < -0.3 is 9.31 Å². The van der Waals surface area contributed by atoms with E-state index in [4.69, 9.17) is 9.31 Å². The van der Waals surface area contributed by atoms with Crippen LogP contribution in [0.4, 0.5) is 0 Å². The lowest BCUT2D eigenvalue weighted by Crippen LogP contribution is -2.41. The Morgan fingerprint density at radius 2 is 1.52 bits per heavy atom. The Kier molecular flexibility index (Phi) is 3.78. The second-order valence-corrected chi connectivity index (χ2v) is 9.41. The van der Waals surface area contributed by atoms with Gasteiger partial charge in [0.15, 0.2) is 0 Å². The SMILES string of the molecule is Cc1cc(C(C)(C)C)c(C2CC2)cc1B1OC(C)(C)C(C)(C)O1. The maximum absolute atomic E-state index is 6.29. The van der Waals surface area contributed by atoms with Crippen LogP contribution >= 0.6 is 0 Å². The van der Waals surface area contributed by atoms with E-state index in [2.05, 4.69) is 67.5 Å². The molecule has 1 aliphatic carbocycles.